The number of hydrogen-bond donors (Lipinski definition) is 3. The average molecular weight is 864 g/mol. The van der Waals surface area contributed by atoms with Crippen LogP contribution in [0.1, 0.15) is 316 Å². The molecule has 0 radical (unpaired) electrons. The summed E-state index contributed by atoms with van der Waals surface area (Å²) in [7, 11) is 0. The van der Waals surface area contributed by atoms with Gasteiger partial charge in [-0.3, -0.25) is 9.59 Å². The molecule has 2 unspecified atom stereocenters. The molecule has 61 heavy (non-hydrogen) atoms. The molecule has 0 aromatic heterocycles. The lowest BCUT2D eigenvalue weighted by Gasteiger charge is -2.22. The summed E-state index contributed by atoms with van der Waals surface area (Å²) in [4.78, 5) is 24.5. The highest BCUT2D eigenvalue weighted by Crippen LogP contribution is 2.18. The van der Waals surface area contributed by atoms with Gasteiger partial charge < -0.3 is 20.3 Å². The van der Waals surface area contributed by atoms with Gasteiger partial charge in [-0.2, -0.15) is 0 Å². The van der Waals surface area contributed by atoms with E-state index < -0.39 is 12.1 Å². The average Bonchev–Trinajstić information content (AvgIpc) is 3.26. The lowest BCUT2D eigenvalue weighted by molar-refractivity contribution is -0.143. The SMILES string of the molecule is CCCCCCCCCCCCCCCCCCCC(=O)OCCCCCCCCCCCCCC(=O)NC(CO)C(O)CCCCCCCCCCCCCCCCCC. The Balaban J connectivity index is 3.43. The molecule has 0 saturated heterocycles. The first-order valence-electron chi connectivity index (χ1n) is 27.8. The van der Waals surface area contributed by atoms with Gasteiger partial charge in [-0.05, 0) is 25.7 Å². The van der Waals surface area contributed by atoms with E-state index >= 15 is 0 Å². The Labute approximate surface area is 381 Å². The number of aliphatic hydroxyl groups excluding tert-OH is 2. The van der Waals surface area contributed by atoms with E-state index in [2.05, 4.69) is 19.2 Å². The maximum Gasteiger partial charge on any atom is 0.305 e. The first-order valence-corrected chi connectivity index (χ1v) is 27.8. The second-order valence-corrected chi connectivity index (χ2v) is 19.3. The molecule has 6 heteroatoms. The van der Waals surface area contributed by atoms with Gasteiger partial charge in [0.15, 0.2) is 0 Å². The number of carbonyl (C=O) groups excluding carboxylic acids is 2. The molecule has 3 N–H and O–H groups in total. The molecule has 364 valence electrons. The zero-order valence-electron chi connectivity index (χ0n) is 41.4. The van der Waals surface area contributed by atoms with Gasteiger partial charge in [0, 0.05) is 12.8 Å². The molecular formula is C55H109NO5. The van der Waals surface area contributed by atoms with Gasteiger partial charge in [-0.25, -0.2) is 0 Å². The van der Waals surface area contributed by atoms with Gasteiger partial charge >= 0.3 is 5.97 Å². The van der Waals surface area contributed by atoms with E-state index in [-0.39, 0.29) is 18.5 Å². The van der Waals surface area contributed by atoms with Crippen molar-refractivity contribution in [1.29, 1.82) is 0 Å². The number of ether oxygens (including phenoxy) is 1. The number of nitrogens with one attached hydrogen (secondary N) is 1. The fraction of sp³-hybridized carbons (Fsp3) is 0.964. The van der Waals surface area contributed by atoms with Crippen LogP contribution >= 0.6 is 0 Å². The Morgan fingerprint density at radius 1 is 0.393 bits per heavy atom. The number of amides is 1. The molecule has 0 rings (SSSR count). The monoisotopic (exact) mass is 864 g/mol. The minimum absolute atomic E-state index is 0.00867. The van der Waals surface area contributed by atoms with Gasteiger partial charge in [-0.15, -0.1) is 0 Å². The van der Waals surface area contributed by atoms with Crippen LogP contribution in [0.15, 0.2) is 0 Å². The van der Waals surface area contributed by atoms with Crippen LogP contribution in [0.5, 0.6) is 0 Å². The van der Waals surface area contributed by atoms with E-state index in [0.29, 0.717) is 25.9 Å². The molecule has 0 aliphatic heterocycles. The molecule has 1 amide bonds. The van der Waals surface area contributed by atoms with Crippen molar-refractivity contribution in [2.24, 2.45) is 0 Å². The Hall–Kier alpha value is -1.14. The van der Waals surface area contributed by atoms with Crippen molar-refractivity contribution in [2.75, 3.05) is 13.2 Å². The second-order valence-electron chi connectivity index (χ2n) is 19.3. The molecule has 0 heterocycles. The molecular weight excluding hydrogens is 755 g/mol. The van der Waals surface area contributed by atoms with Crippen LogP contribution < -0.4 is 5.32 Å². The molecule has 0 aliphatic rings. The van der Waals surface area contributed by atoms with Crippen LogP contribution in [-0.2, 0) is 14.3 Å². The molecule has 0 fully saturated rings. The highest BCUT2D eigenvalue weighted by atomic mass is 16.5. The zero-order chi connectivity index (χ0) is 44.4. The second kappa shape index (κ2) is 51.5. The fourth-order valence-electron chi connectivity index (χ4n) is 8.88. The summed E-state index contributed by atoms with van der Waals surface area (Å²) < 4.78 is 5.47. The number of esters is 1. The fourth-order valence-corrected chi connectivity index (χ4v) is 8.88. The third-order valence-electron chi connectivity index (χ3n) is 13.2. The molecule has 0 aromatic rings. The summed E-state index contributed by atoms with van der Waals surface area (Å²) in [5.41, 5.74) is 0. The summed E-state index contributed by atoms with van der Waals surface area (Å²) >= 11 is 0. The lowest BCUT2D eigenvalue weighted by Crippen LogP contribution is -2.45. The van der Waals surface area contributed by atoms with E-state index in [1.807, 2.05) is 0 Å². The van der Waals surface area contributed by atoms with E-state index in [4.69, 9.17) is 4.74 Å². The predicted octanol–water partition coefficient (Wildman–Crippen LogP) is 16.7. The van der Waals surface area contributed by atoms with E-state index in [9.17, 15) is 19.8 Å². The normalized spacial score (nSPS) is 12.5. The number of rotatable bonds is 52. The third-order valence-corrected chi connectivity index (χ3v) is 13.2. The van der Waals surface area contributed by atoms with Crippen LogP contribution in [0.2, 0.25) is 0 Å². The van der Waals surface area contributed by atoms with Crippen LogP contribution in [0.4, 0.5) is 0 Å². The summed E-state index contributed by atoms with van der Waals surface area (Å²) in [6, 6.07) is -0.554. The summed E-state index contributed by atoms with van der Waals surface area (Å²) in [6.07, 6.45) is 57.9. The molecule has 6 nitrogen and oxygen atoms in total. The quantitative estimate of drug-likeness (QED) is 0.0418. The molecule has 0 saturated carbocycles. The summed E-state index contributed by atoms with van der Waals surface area (Å²) in [5, 5.41) is 23.3. The lowest BCUT2D eigenvalue weighted by atomic mass is 10.0. The Morgan fingerprint density at radius 3 is 1.00 bits per heavy atom. The van der Waals surface area contributed by atoms with Crippen molar-refractivity contribution in [3.63, 3.8) is 0 Å². The first kappa shape index (κ1) is 59.9. The minimum atomic E-state index is -0.675. The van der Waals surface area contributed by atoms with Crippen LogP contribution in [0.25, 0.3) is 0 Å². The molecule has 0 bridgehead atoms. The number of carbonyl (C=O) groups is 2. The van der Waals surface area contributed by atoms with E-state index in [1.54, 1.807) is 0 Å². The van der Waals surface area contributed by atoms with Crippen molar-refractivity contribution in [3.05, 3.63) is 0 Å². The van der Waals surface area contributed by atoms with Crippen LogP contribution in [0, 0.1) is 0 Å². The van der Waals surface area contributed by atoms with Crippen molar-refractivity contribution >= 4 is 11.9 Å². The van der Waals surface area contributed by atoms with Gasteiger partial charge in [0.2, 0.25) is 5.91 Å². The number of hydrogen-bond acceptors (Lipinski definition) is 5. The third kappa shape index (κ3) is 48.2. The highest BCUT2D eigenvalue weighted by Gasteiger charge is 2.20. The van der Waals surface area contributed by atoms with Gasteiger partial charge in [-0.1, -0.05) is 277 Å². The van der Waals surface area contributed by atoms with Crippen LogP contribution in [0.3, 0.4) is 0 Å². The molecule has 0 aromatic carbocycles. The van der Waals surface area contributed by atoms with Crippen molar-refractivity contribution in [2.45, 2.75) is 328 Å². The van der Waals surface area contributed by atoms with Crippen molar-refractivity contribution < 1.29 is 24.5 Å². The topological polar surface area (TPSA) is 95.9 Å². The zero-order valence-corrected chi connectivity index (χ0v) is 41.4. The Kier molecular flexibility index (Phi) is 50.5. The maximum absolute atomic E-state index is 12.5. The Morgan fingerprint density at radius 2 is 0.672 bits per heavy atom. The number of unbranched alkanes of at least 4 members (excludes halogenated alkanes) is 41. The standard InChI is InChI=1S/C55H109NO5/c1-3-5-7-9-11-13-15-17-19-21-23-25-29-33-37-41-45-49-55(60)61-50-46-42-38-34-30-26-28-32-36-40-44-48-54(59)56-52(51-57)53(58)47-43-39-35-31-27-24-22-20-18-16-14-12-10-8-6-4-2/h52-53,57-58H,3-51H2,1-2H3,(H,56,59). The maximum atomic E-state index is 12.5. The first-order chi connectivity index (χ1) is 30.0. The molecule has 2 atom stereocenters. The minimum Gasteiger partial charge on any atom is -0.466 e. The largest absolute Gasteiger partial charge is 0.466 e. The molecule has 0 aliphatic carbocycles. The molecule has 0 spiro atoms. The predicted molar refractivity (Wildman–Crippen MR) is 264 cm³/mol. The van der Waals surface area contributed by atoms with Gasteiger partial charge in [0.25, 0.3) is 0 Å². The Bertz CT molecular complexity index is 867. The van der Waals surface area contributed by atoms with Gasteiger partial charge in [0.1, 0.15) is 0 Å². The van der Waals surface area contributed by atoms with Gasteiger partial charge in [0.05, 0.1) is 25.4 Å². The van der Waals surface area contributed by atoms with Crippen molar-refractivity contribution in [3.8, 4) is 0 Å². The number of aliphatic hydroxyl groups is 2. The van der Waals surface area contributed by atoms with E-state index in [1.165, 1.54) is 225 Å². The van der Waals surface area contributed by atoms with Crippen LogP contribution in [-0.4, -0.2) is 47.4 Å². The summed E-state index contributed by atoms with van der Waals surface area (Å²) in [5.74, 6) is -0.0592. The highest BCUT2D eigenvalue weighted by molar-refractivity contribution is 5.76. The van der Waals surface area contributed by atoms with Crippen molar-refractivity contribution in [1.82, 2.24) is 5.32 Å². The smallest absolute Gasteiger partial charge is 0.305 e. The summed E-state index contributed by atoms with van der Waals surface area (Å²) in [6.45, 7) is 4.94. The van der Waals surface area contributed by atoms with E-state index in [0.717, 1.165) is 57.8 Å².